The second-order valence-electron chi connectivity index (χ2n) is 14.6. The van der Waals surface area contributed by atoms with E-state index in [4.69, 9.17) is 14.7 Å². The summed E-state index contributed by atoms with van der Waals surface area (Å²) in [7, 11) is 2.18. The number of ether oxygens (including phenoxy) is 1. The molecule has 0 radical (unpaired) electrons. The number of carbonyl (C=O) groups is 1. The number of benzene rings is 1. The highest BCUT2D eigenvalue weighted by Crippen LogP contribution is 2.45. The molecule has 0 saturated carbocycles. The largest absolute Gasteiger partial charge is 0.475 e. The van der Waals surface area contributed by atoms with E-state index >= 15 is 0 Å². The lowest BCUT2D eigenvalue weighted by atomic mass is 9.88. The number of carbonyl (C=O) groups excluding carboxylic acids is 1. The molecule has 9 nitrogen and oxygen atoms in total. The number of nitriles is 1. The number of hydrogen-bond donors (Lipinski definition) is 0. The van der Waals surface area contributed by atoms with Crippen molar-refractivity contribution in [1.82, 2.24) is 19.8 Å². The first-order valence-electron chi connectivity index (χ1n) is 18.6. The van der Waals surface area contributed by atoms with Crippen LogP contribution in [-0.4, -0.2) is 84.1 Å². The van der Waals surface area contributed by atoms with Crippen LogP contribution < -0.4 is 14.5 Å². The molecule has 262 valence electrons. The third-order valence-electron chi connectivity index (χ3n) is 11.5. The Kier molecular flexibility index (Phi) is 10.1. The lowest BCUT2D eigenvalue weighted by Crippen LogP contribution is -2.55. The normalized spacial score (nSPS) is 20.9. The van der Waals surface area contributed by atoms with Crippen LogP contribution in [0.2, 0.25) is 0 Å². The van der Waals surface area contributed by atoms with Gasteiger partial charge in [-0.2, -0.15) is 10.2 Å². The molecule has 50 heavy (non-hydrogen) atoms. The molecule has 4 aliphatic rings. The number of amides is 1. The summed E-state index contributed by atoms with van der Waals surface area (Å²) in [5, 5.41) is 9.75. The fourth-order valence-electron chi connectivity index (χ4n) is 8.82. The maximum absolute atomic E-state index is 12.8. The Morgan fingerprint density at radius 3 is 2.62 bits per heavy atom. The van der Waals surface area contributed by atoms with E-state index < -0.39 is 0 Å². The summed E-state index contributed by atoms with van der Waals surface area (Å²) in [6.45, 7) is 13.0. The SMILES string of the molecule is C=CC(=O)N1CCN(c2nc(OC[C@@H]3CCCN3C)c(-c3c(C)ccnc3C)c3c2CCN(c2cccc4c2CCCCC4)C3)C[C@@H]1CC#N. The molecular weight excluding hydrogens is 622 g/mol. The number of aromatic nitrogens is 2. The van der Waals surface area contributed by atoms with Crippen molar-refractivity contribution in [2.24, 2.45) is 0 Å². The molecule has 9 heteroatoms. The van der Waals surface area contributed by atoms with Gasteiger partial charge in [-0.3, -0.25) is 9.78 Å². The van der Waals surface area contributed by atoms with Crippen molar-refractivity contribution < 1.29 is 9.53 Å². The molecule has 3 aromatic rings. The molecule has 1 aliphatic carbocycles. The van der Waals surface area contributed by atoms with Crippen molar-refractivity contribution in [2.75, 3.05) is 56.2 Å². The Morgan fingerprint density at radius 2 is 1.84 bits per heavy atom. The van der Waals surface area contributed by atoms with Crippen molar-refractivity contribution >= 4 is 17.4 Å². The van der Waals surface area contributed by atoms with Crippen LogP contribution in [0.3, 0.4) is 0 Å². The molecule has 7 rings (SSSR count). The van der Waals surface area contributed by atoms with E-state index in [1.165, 1.54) is 59.7 Å². The average molecular weight is 674 g/mol. The van der Waals surface area contributed by atoms with Crippen LogP contribution in [-0.2, 0) is 30.6 Å². The smallest absolute Gasteiger partial charge is 0.246 e. The first-order valence-corrected chi connectivity index (χ1v) is 18.6. The van der Waals surface area contributed by atoms with Gasteiger partial charge in [0.15, 0.2) is 0 Å². The Bertz CT molecular complexity index is 1780. The lowest BCUT2D eigenvalue weighted by molar-refractivity contribution is -0.128. The molecule has 0 bridgehead atoms. The minimum atomic E-state index is -0.240. The highest BCUT2D eigenvalue weighted by Gasteiger charge is 2.36. The van der Waals surface area contributed by atoms with E-state index in [1.807, 2.05) is 6.20 Å². The molecular formula is C41H51N7O2. The number of aryl methyl sites for hydroxylation is 3. The maximum atomic E-state index is 12.8. The molecule has 5 heterocycles. The topological polar surface area (TPSA) is 88.8 Å². The van der Waals surface area contributed by atoms with Gasteiger partial charge in [0.05, 0.1) is 24.1 Å². The number of anilines is 2. The highest BCUT2D eigenvalue weighted by atomic mass is 16.5. The summed E-state index contributed by atoms with van der Waals surface area (Å²) >= 11 is 0. The number of likely N-dealkylation sites (tertiary alicyclic amines) is 1. The van der Waals surface area contributed by atoms with Crippen LogP contribution >= 0.6 is 0 Å². The standard InChI is InChI=1S/C41H51N7O2/c1-5-37(49)48-24-23-47(25-31(48)16-19-42)40-34-18-22-46(36-15-9-12-30-11-7-6-8-14-33(30)36)26-35(34)39(38-28(2)17-20-43-29(38)3)41(44-40)50-27-32-13-10-21-45(32)4/h5,9,12,15,17,20,31-32H,1,6-8,10-11,13-14,16,18,21-27H2,2-4H3/t31-,32-/m0/s1. The predicted molar refractivity (Wildman–Crippen MR) is 199 cm³/mol. The third kappa shape index (κ3) is 6.58. The fraction of sp³-hybridized carbons (Fsp3) is 0.512. The molecule has 2 atom stereocenters. The van der Waals surface area contributed by atoms with E-state index in [1.54, 1.807) is 4.90 Å². The van der Waals surface area contributed by atoms with Crippen LogP contribution in [0.5, 0.6) is 5.88 Å². The van der Waals surface area contributed by atoms with Crippen LogP contribution in [0.15, 0.2) is 43.1 Å². The summed E-state index contributed by atoms with van der Waals surface area (Å²) < 4.78 is 6.90. The molecule has 2 aromatic heterocycles. The molecule has 0 spiro atoms. The van der Waals surface area contributed by atoms with Gasteiger partial charge in [0.2, 0.25) is 11.8 Å². The first kappa shape index (κ1) is 34.0. The third-order valence-corrected chi connectivity index (χ3v) is 11.5. The maximum Gasteiger partial charge on any atom is 0.246 e. The van der Waals surface area contributed by atoms with E-state index in [-0.39, 0.29) is 18.4 Å². The summed E-state index contributed by atoms with van der Waals surface area (Å²) in [5.41, 5.74) is 11.2. The summed E-state index contributed by atoms with van der Waals surface area (Å²) in [4.78, 5) is 32.1. The van der Waals surface area contributed by atoms with E-state index in [0.29, 0.717) is 38.2 Å². The molecule has 2 saturated heterocycles. The van der Waals surface area contributed by atoms with Crippen molar-refractivity contribution in [3.05, 3.63) is 76.6 Å². The Hall–Kier alpha value is -4.42. The van der Waals surface area contributed by atoms with Gasteiger partial charge in [0.1, 0.15) is 12.4 Å². The number of nitrogens with zero attached hydrogens (tertiary/aromatic N) is 7. The Balaban J connectivity index is 1.37. The van der Waals surface area contributed by atoms with Gasteiger partial charge < -0.3 is 24.3 Å². The molecule has 0 N–H and O–H groups in total. The quantitative estimate of drug-likeness (QED) is 0.207. The molecule has 2 fully saturated rings. The van der Waals surface area contributed by atoms with Gasteiger partial charge in [0, 0.05) is 67.5 Å². The molecule has 1 aromatic carbocycles. The number of hydrogen-bond acceptors (Lipinski definition) is 8. The second kappa shape index (κ2) is 14.8. The van der Waals surface area contributed by atoms with Crippen molar-refractivity contribution in [1.29, 1.82) is 5.26 Å². The van der Waals surface area contributed by atoms with E-state index in [0.717, 1.165) is 73.5 Å². The number of pyridine rings is 2. The number of piperazine rings is 1. The summed E-state index contributed by atoms with van der Waals surface area (Å²) in [6, 6.07) is 11.4. The van der Waals surface area contributed by atoms with Gasteiger partial charge in [0.25, 0.3) is 0 Å². The second-order valence-corrected chi connectivity index (χ2v) is 14.6. The number of fused-ring (bicyclic) bond motifs is 2. The summed E-state index contributed by atoms with van der Waals surface area (Å²) in [5.74, 6) is 1.46. The van der Waals surface area contributed by atoms with Gasteiger partial charge in [-0.25, -0.2) is 0 Å². The van der Waals surface area contributed by atoms with Crippen LogP contribution in [0.1, 0.15) is 72.0 Å². The van der Waals surface area contributed by atoms with Crippen molar-refractivity contribution in [2.45, 2.75) is 90.3 Å². The van der Waals surface area contributed by atoms with Crippen LogP contribution in [0.25, 0.3) is 11.1 Å². The van der Waals surface area contributed by atoms with Gasteiger partial charge in [-0.1, -0.05) is 25.1 Å². The van der Waals surface area contributed by atoms with Gasteiger partial charge >= 0.3 is 0 Å². The summed E-state index contributed by atoms with van der Waals surface area (Å²) in [6.07, 6.45) is 12.7. The first-order chi connectivity index (χ1) is 24.4. The number of likely N-dealkylation sites (N-methyl/N-ethyl adjacent to an activating group) is 1. The van der Waals surface area contributed by atoms with Crippen molar-refractivity contribution in [3.8, 4) is 23.1 Å². The lowest BCUT2D eigenvalue weighted by Gasteiger charge is -2.43. The fourth-order valence-corrected chi connectivity index (χ4v) is 8.82. The zero-order chi connectivity index (χ0) is 34.8. The van der Waals surface area contributed by atoms with E-state index in [2.05, 4.69) is 72.5 Å². The predicted octanol–water partition coefficient (Wildman–Crippen LogP) is 6.18. The van der Waals surface area contributed by atoms with Gasteiger partial charge in [-0.15, -0.1) is 0 Å². The zero-order valence-corrected chi connectivity index (χ0v) is 30.1. The molecule has 0 unspecified atom stereocenters. The molecule has 1 amide bonds. The van der Waals surface area contributed by atoms with Gasteiger partial charge in [-0.05, 0) is 113 Å². The average Bonchev–Trinajstić information content (AvgIpc) is 3.38. The zero-order valence-electron chi connectivity index (χ0n) is 30.1. The van der Waals surface area contributed by atoms with Crippen molar-refractivity contribution in [3.63, 3.8) is 0 Å². The molecule has 3 aliphatic heterocycles. The highest BCUT2D eigenvalue weighted by molar-refractivity contribution is 5.87. The van der Waals surface area contributed by atoms with Crippen LogP contribution in [0, 0.1) is 25.2 Å². The monoisotopic (exact) mass is 673 g/mol. The number of rotatable bonds is 8. The van der Waals surface area contributed by atoms with E-state index in [9.17, 15) is 10.1 Å². The minimum absolute atomic E-state index is 0.125. The Morgan fingerprint density at radius 1 is 0.980 bits per heavy atom. The minimum Gasteiger partial charge on any atom is -0.475 e. The van der Waals surface area contributed by atoms with Crippen LogP contribution in [0.4, 0.5) is 11.5 Å². The Labute approximate surface area is 297 Å².